The van der Waals surface area contributed by atoms with Gasteiger partial charge in [0, 0.05) is 11.7 Å². The summed E-state index contributed by atoms with van der Waals surface area (Å²) < 4.78 is 0. The van der Waals surface area contributed by atoms with Gasteiger partial charge in [-0.3, -0.25) is 0 Å². The van der Waals surface area contributed by atoms with E-state index in [2.05, 4.69) is 26.1 Å². The van der Waals surface area contributed by atoms with E-state index in [9.17, 15) is 4.79 Å². The van der Waals surface area contributed by atoms with Crippen molar-refractivity contribution in [3.63, 3.8) is 0 Å². The number of carbonyl (C=O) groups is 1. The topological polar surface area (TPSA) is 49.3 Å². The smallest absolute Gasteiger partial charge is 0.335 e. The second kappa shape index (κ2) is 5.86. The molecule has 2 unspecified atom stereocenters. The molecule has 1 fully saturated rings. The van der Waals surface area contributed by atoms with E-state index in [-0.39, 0.29) is 5.41 Å². The summed E-state index contributed by atoms with van der Waals surface area (Å²) in [6.07, 6.45) is 4.97. The number of hydrogen-bond donors (Lipinski definition) is 2. The molecule has 1 aliphatic rings. The molecule has 0 spiro atoms. The van der Waals surface area contributed by atoms with Crippen LogP contribution in [-0.2, 0) is 0 Å². The van der Waals surface area contributed by atoms with Crippen molar-refractivity contribution >= 4 is 11.7 Å². The number of nitrogens with one attached hydrogen (secondary N) is 1. The molecule has 1 saturated carbocycles. The Kier molecular flexibility index (Phi) is 4.36. The molecule has 0 saturated heterocycles. The first-order chi connectivity index (χ1) is 9.38. The summed E-state index contributed by atoms with van der Waals surface area (Å²) in [5, 5.41) is 12.6. The molecule has 0 radical (unpaired) electrons. The van der Waals surface area contributed by atoms with Crippen LogP contribution in [0.4, 0.5) is 5.69 Å². The Morgan fingerprint density at radius 3 is 2.60 bits per heavy atom. The number of carboxylic acids is 1. The molecule has 0 amide bonds. The molecule has 0 aliphatic heterocycles. The molecule has 3 heteroatoms. The predicted molar refractivity (Wildman–Crippen MR) is 82.2 cm³/mol. The Hall–Kier alpha value is -1.51. The van der Waals surface area contributed by atoms with E-state index in [4.69, 9.17) is 5.11 Å². The fourth-order valence-corrected chi connectivity index (χ4v) is 3.30. The zero-order chi connectivity index (χ0) is 14.8. The number of aromatic carboxylic acids is 1. The highest BCUT2D eigenvalue weighted by atomic mass is 16.4. The first kappa shape index (κ1) is 14.9. The molecule has 0 bridgehead atoms. The van der Waals surface area contributed by atoms with E-state index in [0.29, 0.717) is 17.5 Å². The maximum absolute atomic E-state index is 11.0. The van der Waals surface area contributed by atoms with Gasteiger partial charge in [0.1, 0.15) is 0 Å². The molecular formula is C17H25NO2. The highest BCUT2D eigenvalue weighted by molar-refractivity contribution is 5.88. The first-order valence-electron chi connectivity index (χ1n) is 7.48. The Morgan fingerprint density at radius 1 is 1.25 bits per heavy atom. The molecular weight excluding hydrogens is 250 g/mol. The van der Waals surface area contributed by atoms with Gasteiger partial charge in [0.2, 0.25) is 0 Å². The predicted octanol–water partition coefficient (Wildman–Crippen LogP) is 4.40. The lowest BCUT2D eigenvalue weighted by Gasteiger charge is -2.41. The molecule has 1 aromatic rings. The molecule has 1 aromatic carbocycles. The number of rotatable bonds is 3. The van der Waals surface area contributed by atoms with Gasteiger partial charge in [0.15, 0.2) is 0 Å². The number of anilines is 1. The van der Waals surface area contributed by atoms with Crippen molar-refractivity contribution in [3.05, 3.63) is 29.8 Å². The molecule has 2 rings (SSSR count). The number of hydrogen-bond acceptors (Lipinski definition) is 2. The zero-order valence-corrected chi connectivity index (χ0v) is 12.6. The Balaban J connectivity index is 2.14. The lowest BCUT2D eigenvalue weighted by molar-refractivity contribution is 0.0697. The second-order valence-corrected chi connectivity index (χ2v) is 6.89. The highest BCUT2D eigenvalue weighted by Gasteiger charge is 2.34. The van der Waals surface area contributed by atoms with Gasteiger partial charge in [-0.25, -0.2) is 4.79 Å². The fourth-order valence-electron chi connectivity index (χ4n) is 3.30. The molecule has 0 aromatic heterocycles. The minimum absolute atomic E-state index is 0.280. The van der Waals surface area contributed by atoms with Gasteiger partial charge < -0.3 is 10.4 Å². The Morgan fingerprint density at radius 2 is 1.95 bits per heavy atom. The van der Waals surface area contributed by atoms with Gasteiger partial charge in [0.25, 0.3) is 0 Å². The molecule has 20 heavy (non-hydrogen) atoms. The largest absolute Gasteiger partial charge is 0.478 e. The quantitative estimate of drug-likeness (QED) is 0.859. The second-order valence-electron chi connectivity index (χ2n) is 6.89. The Bertz CT molecular complexity index is 476. The van der Waals surface area contributed by atoms with Gasteiger partial charge in [-0.1, -0.05) is 39.7 Å². The van der Waals surface area contributed by atoms with Crippen LogP contribution in [0.5, 0.6) is 0 Å². The van der Waals surface area contributed by atoms with Crippen molar-refractivity contribution in [3.8, 4) is 0 Å². The van der Waals surface area contributed by atoms with Crippen molar-refractivity contribution in [2.75, 3.05) is 5.32 Å². The van der Waals surface area contributed by atoms with Crippen LogP contribution in [0, 0.1) is 11.3 Å². The average molecular weight is 275 g/mol. The Labute approximate surface area is 121 Å². The lowest BCUT2D eigenvalue weighted by atomic mass is 9.69. The monoisotopic (exact) mass is 275 g/mol. The summed E-state index contributed by atoms with van der Waals surface area (Å²) in [5.74, 6) is -0.241. The van der Waals surface area contributed by atoms with E-state index >= 15 is 0 Å². The minimum Gasteiger partial charge on any atom is -0.478 e. The van der Waals surface area contributed by atoms with Gasteiger partial charge in [-0.2, -0.15) is 0 Å². The van der Waals surface area contributed by atoms with E-state index in [1.54, 1.807) is 18.2 Å². The highest BCUT2D eigenvalue weighted by Crippen LogP contribution is 2.39. The normalized spacial score (nSPS) is 23.4. The van der Waals surface area contributed by atoms with Gasteiger partial charge in [-0.15, -0.1) is 0 Å². The van der Waals surface area contributed by atoms with Crippen molar-refractivity contribution in [2.45, 2.75) is 52.5 Å². The van der Waals surface area contributed by atoms with E-state index in [1.165, 1.54) is 25.7 Å². The third-order valence-electron chi connectivity index (χ3n) is 4.34. The molecule has 2 atom stereocenters. The van der Waals surface area contributed by atoms with Crippen LogP contribution in [0.1, 0.15) is 56.8 Å². The zero-order valence-electron chi connectivity index (χ0n) is 12.6. The number of benzene rings is 1. The molecule has 3 nitrogen and oxygen atoms in total. The fraction of sp³-hybridized carbons (Fsp3) is 0.588. The van der Waals surface area contributed by atoms with Crippen LogP contribution in [0.2, 0.25) is 0 Å². The van der Waals surface area contributed by atoms with Crippen molar-refractivity contribution in [2.24, 2.45) is 11.3 Å². The van der Waals surface area contributed by atoms with E-state index < -0.39 is 5.97 Å². The first-order valence-corrected chi connectivity index (χ1v) is 7.48. The van der Waals surface area contributed by atoms with Crippen molar-refractivity contribution < 1.29 is 9.90 Å². The van der Waals surface area contributed by atoms with Crippen LogP contribution >= 0.6 is 0 Å². The van der Waals surface area contributed by atoms with Crippen LogP contribution in [0.3, 0.4) is 0 Å². The van der Waals surface area contributed by atoms with Crippen LogP contribution in [0.25, 0.3) is 0 Å². The summed E-state index contributed by atoms with van der Waals surface area (Å²) in [5.41, 5.74) is 1.55. The molecule has 2 N–H and O–H groups in total. The average Bonchev–Trinajstić information content (AvgIpc) is 2.38. The van der Waals surface area contributed by atoms with E-state index in [0.717, 1.165) is 5.69 Å². The summed E-state index contributed by atoms with van der Waals surface area (Å²) in [4.78, 5) is 11.0. The van der Waals surface area contributed by atoms with Gasteiger partial charge in [-0.05, 0) is 42.4 Å². The summed E-state index contributed by atoms with van der Waals surface area (Å²) >= 11 is 0. The molecule has 0 heterocycles. The van der Waals surface area contributed by atoms with Crippen LogP contribution < -0.4 is 5.32 Å². The standard InChI is InChI=1S/C17H25NO2/c1-17(2,3)14-9-4-5-10-15(14)18-13-8-6-7-12(11-13)16(19)20/h6-8,11,14-15,18H,4-5,9-10H2,1-3H3,(H,19,20). The summed E-state index contributed by atoms with van der Waals surface area (Å²) in [6, 6.07) is 7.57. The lowest BCUT2D eigenvalue weighted by Crippen LogP contribution is -2.39. The van der Waals surface area contributed by atoms with Gasteiger partial charge >= 0.3 is 5.97 Å². The minimum atomic E-state index is -0.871. The van der Waals surface area contributed by atoms with E-state index in [1.807, 2.05) is 6.07 Å². The molecule has 1 aliphatic carbocycles. The van der Waals surface area contributed by atoms with Crippen LogP contribution in [-0.4, -0.2) is 17.1 Å². The third kappa shape index (κ3) is 3.53. The third-order valence-corrected chi connectivity index (χ3v) is 4.34. The number of carboxylic acid groups (broad SMARTS) is 1. The van der Waals surface area contributed by atoms with Crippen molar-refractivity contribution in [1.29, 1.82) is 0 Å². The summed E-state index contributed by atoms with van der Waals surface area (Å²) in [7, 11) is 0. The molecule has 110 valence electrons. The summed E-state index contributed by atoms with van der Waals surface area (Å²) in [6.45, 7) is 6.89. The van der Waals surface area contributed by atoms with Crippen molar-refractivity contribution in [1.82, 2.24) is 0 Å². The van der Waals surface area contributed by atoms with Gasteiger partial charge in [0.05, 0.1) is 5.56 Å². The maximum Gasteiger partial charge on any atom is 0.335 e. The SMILES string of the molecule is CC(C)(C)C1CCCCC1Nc1cccc(C(=O)O)c1. The van der Waals surface area contributed by atoms with Crippen LogP contribution in [0.15, 0.2) is 24.3 Å². The maximum atomic E-state index is 11.0.